The molecule has 2 rings (SSSR count). The molecule has 0 saturated heterocycles. The van der Waals surface area contributed by atoms with Crippen molar-refractivity contribution in [1.29, 1.82) is 0 Å². The maximum atomic E-state index is 13.5. The molecule has 3 nitrogen and oxygen atoms in total. The Kier molecular flexibility index (Phi) is 3.86. The molecule has 5 heteroatoms. The summed E-state index contributed by atoms with van der Waals surface area (Å²) in [6.07, 6.45) is 0.544. The molecule has 94 valence electrons. The van der Waals surface area contributed by atoms with Crippen molar-refractivity contribution < 1.29 is 13.9 Å². The highest BCUT2D eigenvalue weighted by Crippen LogP contribution is 2.33. The van der Waals surface area contributed by atoms with E-state index >= 15 is 0 Å². The van der Waals surface area contributed by atoms with Crippen molar-refractivity contribution in [2.45, 2.75) is 24.7 Å². The van der Waals surface area contributed by atoms with Gasteiger partial charge in [-0.1, -0.05) is 17.7 Å². The zero-order chi connectivity index (χ0) is 12.4. The molecular formula is C12H15ClFNO2. The van der Waals surface area contributed by atoms with Crippen molar-refractivity contribution in [1.82, 2.24) is 5.32 Å². The van der Waals surface area contributed by atoms with Crippen LogP contribution in [0.1, 0.15) is 6.42 Å². The van der Waals surface area contributed by atoms with Gasteiger partial charge in [-0.15, -0.1) is 0 Å². The lowest BCUT2D eigenvalue weighted by Crippen LogP contribution is -2.60. The number of rotatable bonds is 4. The Hall–Kier alpha value is -0.840. The van der Waals surface area contributed by atoms with E-state index < -0.39 is 5.82 Å². The number of likely N-dealkylation sites (N-methyl/N-ethyl adjacent to an activating group) is 1. The first-order valence-electron chi connectivity index (χ1n) is 5.48. The van der Waals surface area contributed by atoms with Gasteiger partial charge in [0.25, 0.3) is 0 Å². The van der Waals surface area contributed by atoms with E-state index in [4.69, 9.17) is 21.1 Å². The molecule has 1 fully saturated rings. The molecule has 3 atom stereocenters. The highest BCUT2D eigenvalue weighted by molar-refractivity contribution is 6.32. The van der Waals surface area contributed by atoms with Gasteiger partial charge in [0.2, 0.25) is 0 Å². The average molecular weight is 260 g/mol. The average Bonchev–Trinajstić information content (AvgIpc) is 2.27. The van der Waals surface area contributed by atoms with Gasteiger partial charge in [-0.05, 0) is 19.2 Å². The second kappa shape index (κ2) is 5.21. The summed E-state index contributed by atoms with van der Waals surface area (Å²) in [7, 11) is 3.48. The molecular weight excluding hydrogens is 245 g/mol. The molecule has 1 aliphatic carbocycles. The highest BCUT2D eigenvalue weighted by atomic mass is 35.5. The van der Waals surface area contributed by atoms with Crippen LogP contribution < -0.4 is 10.1 Å². The Balaban J connectivity index is 2.07. The van der Waals surface area contributed by atoms with Crippen molar-refractivity contribution in [3.8, 4) is 5.75 Å². The SMILES string of the molecule is CNC1CC(Oc2c(F)cccc2Cl)C1OC. The van der Waals surface area contributed by atoms with Crippen LogP contribution in [0, 0.1) is 5.82 Å². The minimum atomic E-state index is -0.444. The lowest BCUT2D eigenvalue weighted by Gasteiger charge is -2.43. The summed E-state index contributed by atoms with van der Waals surface area (Å²) < 4.78 is 24.4. The molecule has 0 heterocycles. The van der Waals surface area contributed by atoms with Gasteiger partial charge in [0.05, 0.1) is 5.02 Å². The monoisotopic (exact) mass is 259 g/mol. The van der Waals surface area contributed by atoms with Gasteiger partial charge in [0.1, 0.15) is 12.2 Å². The van der Waals surface area contributed by atoms with Crippen LogP contribution in [0.2, 0.25) is 5.02 Å². The Labute approximate surface area is 105 Å². The van der Waals surface area contributed by atoms with Gasteiger partial charge in [-0.3, -0.25) is 0 Å². The molecule has 1 aliphatic rings. The number of hydrogen-bond acceptors (Lipinski definition) is 3. The molecule has 3 unspecified atom stereocenters. The Morgan fingerprint density at radius 1 is 1.47 bits per heavy atom. The van der Waals surface area contributed by atoms with Crippen LogP contribution >= 0.6 is 11.6 Å². The number of ether oxygens (including phenoxy) is 2. The van der Waals surface area contributed by atoms with Gasteiger partial charge in [0, 0.05) is 19.6 Å². The standard InChI is InChI=1S/C12H15ClFNO2/c1-15-9-6-10(12(9)16-2)17-11-7(13)4-3-5-8(11)14/h3-5,9-10,12,15H,6H2,1-2H3. The molecule has 0 aromatic heterocycles. The van der Waals surface area contributed by atoms with Crippen LogP contribution in [-0.2, 0) is 4.74 Å². The van der Waals surface area contributed by atoms with Gasteiger partial charge in [-0.25, -0.2) is 4.39 Å². The second-order valence-corrected chi connectivity index (χ2v) is 4.45. The maximum Gasteiger partial charge on any atom is 0.174 e. The molecule has 17 heavy (non-hydrogen) atoms. The second-order valence-electron chi connectivity index (χ2n) is 4.04. The third-order valence-corrected chi connectivity index (χ3v) is 3.38. The van der Waals surface area contributed by atoms with Crippen LogP contribution in [-0.4, -0.2) is 32.4 Å². The minimum absolute atomic E-state index is 0.0735. The van der Waals surface area contributed by atoms with E-state index in [-0.39, 0.29) is 29.0 Å². The summed E-state index contributed by atoms with van der Waals surface area (Å²) in [4.78, 5) is 0. The van der Waals surface area contributed by atoms with E-state index in [1.54, 1.807) is 19.2 Å². The summed E-state index contributed by atoms with van der Waals surface area (Å²) in [6, 6.07) is 4.73. The van der Waals surface area contributed by atoms with E-state index in [0.29, 0.717) is 0 Å². The first kappa shape index (κ1) is 12.6. The summed E-state index contributed by atoms with van der Waals surface area (Å²) in [6.45, 7) is 0. The largest absolute Gasteiger partial charge is 0.483 e. The predicted molar refractivity (Wildman–Crippen MR) is 64.1 cm³/mol. The highest BCUT2D eigenvalue weighted by Gasteiger charge is 2.42. The van der Waals surface area contributed by atoms with Crippen molar-refractivity contribution in [2.75, 3.05) is 14.2 Å². The van der Waals surface area contributed by atoms with E-state index in [2.05, 4.69) is 5.32 Å². The van der Waals surface area contributed by atoms with E-state index in [1.165, 1.54) is 6.07 Å². The summed E-state index contributed by atoms with van der Waals surface area (Å²) in [5.41, 5.74) is 0. The van der Waals surface area contributed by atoms with Crippen LogP contribution in [0.25, 0.3) is 0 Å². The summed E-state index contributed by atoms with van der Waals surface area (Å²) in [5.74, 6) is -0.337. The first-order chi connectivity index (χ1) is 8.17. The maximum absolute atomic E-state index is 13.5. The summed E-state index contributed by atoms with van der Waals surface area (Å²) in [5, 5.41) is 3.40. The quantitative estimate of drug-likeness (QED) is 0.900. The number of hydrogen-bond donors (Lipinski definition) is 1. The molecule has 1 N–H and O–H groups in total. The minimum Gasteiger partial charge on any atom is -0.483 e. The third kappa shape index (κ3) is 2.39. The van der Waals surface area contributed by atoms with Crippen molar-refractivity contribution in [2.24, 2.45) is 0 Å². The number of para-hydroxylation sites is 1. The number of benzene rings is 1. The fourth-order valence-corrected chi connectivity index (χ4v) is 2.25. The van der Waals surface area contributed by atoms with E-state index in [0.717, 1.165) is 6.42 Å². The lowest BCUT2D eigenvalue weighted by molar-refractivity contribution is -0.0879. The molecule has 1 aromatic carbocycles. The number of halogens is 2. The Morgan fingerprint density at radius 2 is 2.24 bits per heavy atom. The lowest BCUT2D eigenvalue weighted by atomic mass is 9.85. The van der Waals surface area contributed by atoms with E-state index in [1.807, 2.05) is 7.05 Å². The number of methoxy groups -OCH3 is 1. The van der Waals surface area contributed by atoms with Crippen molar-refractivity contribution in [3.63, 3.8) is 0 Å². The smallest absolute Gasteiger partial charge is 0.174 e. The van der Waals surface area contributed by atoms with Crippen molar-refractivity contribution >= 4 is 11.6 Å². The normalized spacial score (nSPS) is 27.6. The zero-order valence-electron chi connectivity index (χ0n) is 9.74. The van der Waals surface area contributed by atoms with Crippen LogP contribution in [0.3, 0.4) is 0 Å². The van der Waals surface area contributed by atoms with Crippen LogP contribution in [0.15, 0.2) is 18.2 Å². The first-order valence-corrected chi connectivity index (χ1v) is 5.86. The topological polar surface area (TPSA) is 30.5 Å². The zero-order valence-corrected chi connectivity index (χ0v) is 10.5. The molecule has 0 spiro atoms. The third-order valence-electron chi connectivity index (χ3n) is 3.08. The van der Waals surface area contributed by atoms with Gasteiger partial charge in [0.15, 0.2) is 11.6 Å². The molecule has 1 saturated carbocycles. The molecule has 1 aromatic rings. The molecule has 0 bridgehead atoms. The van der Waals surface area contributed by atoms with Gasteiger partial charge in [-0.2, -0.15) is 0 Å². The molecule has 0 amide bonds. The predicted octanol–water partition coefficient (Wildman–Crippen LogP) is 2.23. The van der Waals surface area contributed by atoms with Crippen LogP contribution in [0.4, 0.5) is 4.39 Å². The summed E-state index contributed by atoms with van der Waals surface area (Å²) >= 11 is 5.89. The van der Waals surface area contributed by atoms with Gasteiger partial charge >= 0.3 is 0 Å². The van der Waals surface area contributed by atoms with Gasteiger partial charge < -0.3 is 14.8 Å². The van der Waals surface area contributed by atoms with Crippen molar-refractivity contribution in [3.05, 3.63) is 29.0 Å². The Morgan fingerprint density at radius 3 is 2.82 bits per heavy atom. The molecule has 0 aliphatic heterocycles. The fourth-order valence-electron chi connectivity index (χ4n) is 2.04. The molecule has 0 radical (unpaired) electrons. The van der Waals surface area contributed by atoms with E-state index in [9.17, 15) is 4.39 Å². The Bertz CT molecular complexity index is 382. The van der Waals surface area contributed by atoms with Crippen LogP contribution in [0.5, 0.6) is 5.75 Å². The fraction of sp³-hybridized carbons (Fsp3) is 0.500. The number of nitrogens with one attached hydrogen (secondary N) is 1.